The summed E-state index contributed by atoms with van der Waals surface area (Å²) >= 11 is 6.90. The van der Waals surface area contributed by atoms with Gasteiger partial charge in [0.25, 0.3) is 0 Å². The van der Waals surface area contributed by atoms with Crippen molar-refractivity contribution in [1.29, 1.82) is 0 Å². The number of halogens is 2. The number of rotatable bonds is 5. The maximum Gasteiger partial charge on any atom is 0.164 e. The van der Waals surface area contributed by atoms with Crippen LogP contribution in [0.15, 0.2) is 27.1 Å². The predicted octanol–water partition coefficient (Wildman–Crippen LogP) is 2.61. The van der Waals surface area contributed by atoms with E-state index in [9.17, 15) is 5.11 Å². The molecule has 0 spiro atoms. The molecule has 0 bridgehead atoms. The Kier molecular flexibility index (Phi) is 5.09. The van der Waals surface area contributed by atoms with Crippen molar-refractivity contribution in [3.05, 3.63) is 33.0 Å². The fourth-order valence-corrected chi connectivity index (χ4v) is 3.06. The normalized spacial score (nSPS) is 10.9. The maximum absolute atomic E-state index is 9.30. The van der Waals surface area contributed by atoms with Crippen molar-refractivity contribution in [3.63, 3.8) is 0 Å². The summed E-state index contributed by atoms with van der Waals surface area (Å²) in [5, 5.41) is 17.5. The molecule has 0 amide bonds. The summed E-state index contributed by atoms with van der Waals surface area (Å²) in [6.45, 7) is 0.984. The fraction of sp³-hybridized carbons (Fsp3) is 0.333. The molecule has 0 aliphatic heterocycles. The Morgan fingerprint density at radius 3 is 2.47 bits per heavy atom. The third-order valence-corrected chi connectivity index (χ3v) is 3.52. The Morgan fingerprint density at radius 2 is 1.89 bits per heavy atom. The number of hydrogen-bond acceptors (Lipinski definition) is 4. The molecule has 1 heterocycles. The molecule has 0 saturated heterocycles. The van der Waals surface area contributed by atoms with E-state index >= 15 is 0 Å². The fourth-order valence-electron chi connectivity index (χ4n) is 1.77. The van der Waals surface area contributed by atoms with Gasteiger partial charge in [-0.3, -0.25) is 0 Å². The molecular weight excluding hydrogens is 378 g/mol. The molecule has 0 fully saturated rings. The summed E-state index contributed by atoms with van der Waals surface area (Å²) in [7, 11) is 1.64. The summed E-state index contributed by atoms with van der Waals surface area (Å²) in [5.74, 6) is 1.24. The first kappa shape index (κ1) is 14.6. The summed E-state index contributed by atoms with van der Waals surface area (Å²) in [4.78, 5) is 0. The third-order valence-electron chi connectivity index (χ3n) is 2.61. The lowest BCUT2D eigenvalue weighted by Gasteiger charge is -2.09. The van der Waals surface area contributed by atoms with Crippen LogP contribution in [0.1, 0.15) is 5.82 Å². The number of hydrogen-bond donors (Lipinski definition) is 1. The van der Waals surface area contributed by atoms with Crippen molar-refractivity contribution in [3.8, 4) is 11.4 Å². The van der Waals surface area contributed by atoms with Crippen molar-refractivity contribution in [1.82, 2.24) is 14.8 Å². The van der Waals surface area contributed by atoms with Crippen molar-refractivity contribution in [2.75, 3.05) is 13.7 Å². The van der Waals surface area contributed by atoms with Crippen LogP contribution in [0.4, 0.5) is 0 Å². The van der Waals surface area contributed by atoms with E-state index in [2.05, 4.69) is 42.1 Å². The number of benzene rings is 1. The van der Waals surface area contributed by atoms with Gasteiger partial charge in [-0.05, 0) is 18.2 Å². The number of aromatic nitrogens is 3. The summed E-state index contributed by atoms with van der Waals surface area (Å²) in [6.07, 6.45) is 0. The Labute approximate surface area is 127 Å². The van der Waals surface area contributed by atoms with Crippen LogP contribution in [-0.2, 0) is 17.9 Å². The minimum absolute atomic E-state index is 0.147. The second kappa shape index (κ2) is 6.60. The molecule has 0 aliphatic rings. The average Bonchev–Trinajstić information content (AvgIpc) is 2.77. The molecule has 19 heavy (non-hydrogen) atoms. The van der Waals surface area contributed by atoms with Gasteiger partial charge < -0.3 is 14.4 Å². The first-order chi connectivity index (χ1) is 9.15. The first-order valence-corrected chi connectivity index (χ1v) is 7.22. The monoisotopic (exact) mass is 389 g/mol. The van der Waals surface area contributed by atoms with Crippen LogP contribution in [0, 0.1) is 0 Å². The highest BCUT2D eigenvalue weighted by Crippen LogP contribution is 2.27. The van der Waals surface area contributed by atoms with Gasteiger partial charge in [0, 0.05) is 28.2 Å². The molecule has 2 aromatic rings. The van der Waals surface area contributed by atoms with Crippen LogP contribution >= 0.6 is 31.9 Å². The van der Waals surface area contributed by atoms with Crippen molar-refractivity contribution < 1.29 is 9.84 Å². The highest BCUT2D eigenvalue weighted by atomic mass is 79.9. The molecule has 1 aromatic heterocycles. The number of nitrogens with zero attached hydrogens (tertiary/aromatic N) is 3. The number of aliphatic hydroxyl groups is 1. The second-order valence-electron chi connectivity index (χ2n) is 3.90. The molecule has 0 unspecified atom stereocenters. The Hall–Kier alpha value is -0.760. The molecule has 102 valence electrons. The van der Waals surface area contributed by atoms with E-state index in [0.29, 0.717) is 24.8 Å². The molecule has 7 heteroatoms. The van der Waals surface area contributed by atoms with Gasteiger partial charge in [0.1, 0.15) is 6.61 Å². The van der Waals surface area contributed by atoms with Crippen LogP contribution in [0.25, 0.3) is 11.4 Å². The van der Waals surface area contributed by atoms with Crippen LogP contribution < -0.4 is 0 Å². The summed E-state index contributed by atoms with van der Waals surface area (Å²) in [5.41, 5.74) is 0.921. The van der Waals surface area contributed by atoms with Gasteiger partial charge in [-0.2, -0.15) is 0 Å². The van der Waals surface area contributed by atoms with Crippen molar-refractivity contribution >= 4 is 31.9 Å². The third kappa shape index (κ3) is 3.42. The average molecular weight is 391 g/mol. The van der Waals surface area contributed by atoms with E-state index in [1.54, 1.807) is 7.11 Å². The number of ether oxygens (including phenoxy) is 1. The predicted molar refractivity (Wildman–Crippen MR) is 78.7 cm³/mol. The quantitative estimate of drug-likeness (QED) is 0.852. The molecule has 0 aliphatic carbocycles. The second-order valence-corrected chi connectivity index (χ2v) is 5.73. The minimum Gasteiger partial charge on any atom is -0.388 e. The lowest BCUT2D eigenvalue weighted by Crippen LogP contribution is -2.10. The number of aliphatic hydroxyl groups excluding tert-OH is 1. The van der Waals surface area contributed by atoms with Crippen LogP contribution in [0.3, 0.4) is 0 Å². The van der Waals surface area contributed by atoms with Gasteiger partial charge >= 0.3 is 0 Å². The molecule has 1 aromatic carbocycles. The lowest BCUT2D eigenvalue weighted by molar-refractivity contribution is 0.183. The zero-order valence-electron chi connectivity index (χ0n) is 10.3. The van der Waals surface area contributed by atoms with Crippen molar-refractivity contribution in [2.45, 2.75) is 13.2 Å². The van der Waals surface area contributed by atoms with Crippen LogP contribution in [0.2, 0.25) is 0 Å². The SMILES string of the molecule is COCCn1c(CO)nnc1-c1cc(Br)cc(Br)c1. The van der Waals surface area contributed by atoms with E-state index in [-0.39, 0.29) is 6.61 Å². The topological polar surface area (TPSA) is 60.2 Å². The highest BCUT2D eigenvalue weighted by Gasteiger charge is 2.13. The zero-order chi connectivity index (χ0) is 13.8. The standard InChI is InChI=1S/C12H13Br2N3O2/c1-19-3-2-17-11(7-18)15-16-12(17)8-4-9(13)6-10(14)5-8/h4-6,18H,2-3,7H2,1H3. The van der Waals surface area contributed by atoms with E-state index in [1.807, 2.05) is 22.8 Å². The van der Waals surface area contributed by atoms with E-state index in [1.165, 1.54) is 0 Å². The largest absolute Gasteiger partial charge is 0.388 e. The minimum atomic E-state index is -0.147. The molecule has 0 saturated carbocycles. The molecule has 2 rings (SSSR count). The summed E-state index contributed by atoms with van der Waals surface area (Å²) < 4.78 is 8.83. The Balaban J connectivity index is 2.45. The molecule has 0 radical (unpaired) electrons. The van der Waals surface area contributed by atoms with Gasteiger partial charge in [-0.25, -0.2) is 0 Å². The Bertz CT molecular complexity index is 552. The lowest BCUT2D eigenvalue weighted by atomic mass is 10.2. The van der Waals surface area contributed by atoms with E-state index in [0.717, 1.165) is 14.5 Å². The van der Waals surface area contributed by atoms with Gasteiger partial charge in [-0.15, -0.1) is 10.2 Å². The smallest absolute Gasteiger partial charge is 0.164 e. The molecule has 5 nitrogen and oxygen atoms in total. The number of methoxy groups -OCH3 is 1. The van der Waals surface area contributed by atoms with Gasteiger partial charge in [0.15, 0.2) is 11.6 Å². The van der Waals surface area contributed by atoms with Crippen LogP contribution in [-0.4, -0.2) is 33.6 Å². The zero-order valence-corrected chi connectivity index (χ0v) is 13.5. The van der Waals surface area contributed by atoms with E-state index in [4.69, 9.17) is 4.74 Å². The highest BCUT2D eigenvalue weighted by molar-refractivity contribution is 9.11. The van der Waals surface area contributed by atoms with Gasteiger partial charge in [0.2, 0.25) is 0 Å². The van der Waals surface area contributed by atoms with Crippen LogP contribution in [0.5, 0.6) is 0 Å². The first-order valence-electron chi connectivity index (χ1n) is 5.64. The molecular formula is C12H13Br2N3O2. The van der Waals surface area contributed by atoms with Crippen molar-refractivity contribution in [2.24, 2.45) is 0 Å². The molecule has 0 atom stereocenters. The summed E-state index contributed by atoms with van der Waals surface area (Å²) in [6, 6.07) is 5.87. The molecule has 1 N–H and O–H groups in total. The maximum atomic E-state index is 9.30. The van der Waals surface area contributed by atoms with E-state index < -0.39 is 0 Å². The Morgan fingerprint density at radius 1 is 1.21 bits per heavy atom. The van der Waals surface area contributed by atoms with Gasteiger partial charge in [0.05, 0.1) is 6.61 Å². The van der Waals surface area contributed by atoms with Gasteiger partial charge in [-0.1, -0.05) is 31.9 Å².